The van der Waals surface area contributed by atoms with Crippen LogP contribution in [0.25, 0.3) is 0 Å². The fourth-order valence-corrected chi connectivity index (χ4v) is 4.22. The number of nitrogens with one attached hydrogen (secondary N) is 1. The van der Waals surface area contributed by atoms with Crippen molar-refractivity contribution in [2.24, 2.45) is 0 Å². The number of rotatable bonds is 8. The Bertz CT molecular complexity index is 1510. The van der Waals surface area contributed by atoms with Crippen molar-refractivity contribution in [3.63, 3.8) is 0 Å². The number of benzene rings is 3. The summed E-state index contributed by atoms with van der Waals surface area (Å²) in [6, 6.07) is 4.21. The second kappa shape index (κ2) is 11.9. The zero-order valence-corrected chi connectivity index (χ0v) is 21.6. The van der Waals surface area contributed by atoms with Gasteiger partial charge >= 0.3 is 24.6 Å². The minimum absolute atomic E-state index is 0.0494. The van der Waals surface area contributed by atoms with Gasteiger partial charge in [0.2, 0.25) is 0 Å². The van der Waals surface area contributed by atoms with E-state index >= 15 is 4.39 Å². The average molecular weight is 682 g/mol. The van der Waals surface area contributed by atoms with Crippen LogP contribution in [0.1, 0.15) is 31.8 Å². The summed E-state index contributed by atoms with van der Waals surface area (Å²) < 4.78 is 165. The maximum Gasteiger partial charge on any atom is 0.435 e. The second-order valence-electron chi connectivity index (χ2n) is 8.31. The van der Waals surface area contributed by atoms with Crippen LogP contribution in [0.3, 0.4) is 0 Å². The summed E-state index contributed by atoms with van der Waals surface area (Å²) in [6.07, 6.45) is -14.4. The van der Waals surface area contributed by atoms with Gasteiger partial charge in [-0.05, 0) is 36.4 Å². The van der Waals surface area contributed by atoms with E-state index in [2.05, 4.69) is 20.7 Å². The summed E-state index contributed by atoms with van der Waals surface area (Å²) in [7, 11) is 0. The first kappa shape index (κ1) is 32.8. The summed E-state index contributed by atoms with van der Waals surface area (Å²) >= 11 is 2.53. The molecule has 0 saturated heterocycles. The third kappa shape index (κ3) is 6.50. The van der Waals surface area contributed by atoms with Crippen LogP contribution in [0.15, 0.2) is 53.0 Å². The molecule has 42 heavy (non-hydrogen) atoms. The molecule has 17 heteroatoms. The molecule has 226 valence electrons. The molecule has 0 fully saturated rings. The highest BCUT2D eigenvalue weighted by Crippen LogP contribution is 2.54. The molecular formula is C25H12BrF12NO3. The van der Waals surface area contributed by atoms with E-state index in [4.69, 9.17) is 0 Å². The van der Waals surface area contributed by atoms with Crippen molar-refractivity contribution in [1.29, 1.82) is 0 Å². The van der Waals surface area contributed by atoms with Crippen LogP contribution in [0.4, 0.5) is 58.4 Å². The van der Waals surface area contributed by atoms with Crippen molar-refractivity contribution in [1.82, 2.24) is 0 Å². The lowest BCUT2D eigenvalue weighted by Gasteiger charge is -2.31. The number of ketones is 1. The van der Waals surface area contributed by atoms with Crippen molar-refractivity contribution < 1.29 is 67.0 Å². The predicted molar refractivity (Wildman–Crippen MR) is 124 cm³/mol. The number of amides is 1. The molecule has 0 bridgehead atoms. The number of alkyl halides is 9. The van der Waals surface area contributed by atoms with Gasteiger partial charge in [0.25, 0.3) is 5.91 Å². The molecule has 0 aliphatic heterocycles. The van der Waals surface area contributed by atoms with Gasteiger partial charge < -0.3 is 10.1 Å². The lowest BCUT2D eigenvalue weighted by Crippen LogP contribution is -2.50. The SMILES string of the molecule is O=C(Nc1cccc(C(=O)Cc2c(Br)cc(C(F)(C(F)(F)F)C(F)(F)F)cc2OC(F)F)c1F)c1ccc(F)cc1F. The van der Waals surface area contributed by atoms with Crippen LogP contribution in [0.2, 0.25) is 0 Å². The van der Waals surface area contributed by atoms with E-state index in [1.54, 1.807) is 0 Å². The van der Waals surface area contributed by atoms with Crippen LogP contribution in [-0.2, 0) is 12.1 Å². The first-order valence-corrected chi connectivity index (χ1v) is 11.8. The Morgan fingerprint density at radius 1 is 0.857 bits per heavy atom. The van der Waals surface area contributed by atoms with E-state index in [0.717, 1.165) is 30.3 Å². The molecule has 0 radical (unpaired) electrons. The van der Waals surface area contributed by atoms with Crippen LogP contribution >= 0.6 is 15.9 Å². The van der Waals surface area contributed by atoms with E-state index in [0.29, 0.717) is 6.07 Å². The molecule has 1 N–H and O–H groups in total. The molecule has 0 saturated carbocycles. The van der Waals surface area contributed by atoms with Gasteiger partial charge in [0.05, 0.1) is 16.8 Å². The molecule has 0 heterocycles. The Kier molecular flexibility index (Phi) is 9.24. The predicted octanol–water partition coefficient (Wildman–Crippen LogP) is 8.43. The van der Waals surface area contributed by atoms with Crippen LogP contribution in [0, 0.1) is 17.5 Å². The molecule has 0 aromatic heterocycles. The van der Waals surface area contributed by atoms with Gasteiger partial charge in [-0.3, -0.25) is 9.59 Å². The highest BCUT2D eigenvalue weighted by atomic mass is 79.9. The van der Waals surface area contributed by atoms with Crippen LogP contribution in [-0.4, -0.2) is 30.7 Å². The van der Waals surface area contributed by atoms with Crippen molar-refractivity contribution in [3.05, 3.63) is 92.7 Å². The fraction of sp³-hybridized carbons (Fsp3) is 0.200. The summed E-state index contributed by atoms with van der Waals surface area (Å²) in [4.78, 5) is 25.2. The molecule has 0 aliphatic carbocycles. The van der Waals surface area contributed by atoms with Gasteiger partial charge in [-0.25, -0.2) is 17.6 Å². The smallest absolute Gasteiger partial charge is 0.434 e. The van der Waals surface area contributed by atoms with E-state index in [1.165, 1.54) is 0 Å². The molecule has 4 nitrogen and oxygen atoms in total. The Morgan fingerprint density at radius 2 is 1.48 bits per heavy atom. The lowest BCUT2D eigenvalue weighted by molar-refractivity contribution is -0.348. The highest BCUT2D eigenvalue weighted by Gasteiger charge is 2.73. The van der Waals surface area contributed by atoms with Crippen molar-refractivity contribution in [3.8, 4) is 5.75 Å². The molecule has 0 unspecified atom stereocenters. The number of halogens is 13. The van der Waals surface area contributed by atoms with Gasteiger partial charge in [0, 0.05) is 28.1 Å². The second-order valence-corrected chi connectivity index (χ2v) is 9.17. The summed E-state index contributed by atoms with van der Waals surface area (Å²) in [6.45, 7) is -3.87. The molecule has 0 aliphatic rings. The van der Waals surface area contributed by atoms with Gasteiger partial charge in [-0.2, -0.15) is 35.1 Å². The molecular weight excluding hydrogens is 670 g/mol. The van der Waals surface area contributed by atoms with Gasteiger partial charge in [0.15, 0.2) is 11.6 Å². The van der Waals surface area contributed by atoms with E-state index in [9.17, 15) is 57.9 Å². The highest BCUT2D eigenvalue weighted by molar-refractivity contribution is 9.10. The third-order valence-corrected chi connectivity index (χ3v) is 6.32. The molecule has 0 atom stereocenters. The zero-order valence-electron chi connectivity index (χ0n) is 20.0. The summed E-state index contributed by atoms with van der Waals surface area (Å²) in [5.74, 6) is -7.85. The number of carbonyl (C=O) groups excluding carboxylic acids is 2. The Labute approximate surface area is 235 Å². The number of ether oxygens (including phenoxy) is 1. The topological polar surface area (TPSA) is 55.4 Å². The molecule has 1 amide bonds. The van der Waals surface area contributed by atoms with E-state index in [1.807, 2.05) is 5.32 Å². The minimum atomic E-state index is -6.60. The maximum atomic E-state index is 15.1. The van der Waals surface area contributed by atoms with E-state index < -0.39 is 98.4 Å². The number of carbonyl (C=O) groups is 2. The standard InChI is InChI=1S/C25H12BrF12NO3/c26-15-6-10(23(32,24(33,34)35)25(36,37)38)7-19(42-22(30)31)14(15)9-18(40)13-2-1-3-17(20(13)29)39-21(41)12-5-4-11(27)8-16(12)28/h1-8,22H,9H2,(H,39,41). The first-order valence-electron chi connectivity index (χ1n) is 11.0. The number of Topliss-reactive ketones (excluding diaryl/α,β-unsaturated/α-hetero) is 1. The molecule has 3 aromatic carbocycles. The van der Waals surface area contributed by atoms with Crippen LogP contribution < -0.4 is 10.1 Å². The average Bonchev–Trinajstić information content (AvgIpc) is 2.84. The fourth-order valence-electron chi connectivity index (χ4n) is 3.63. The number of anilines is 1. The Morgan fingerprint density at radius 3 is 2.02 bits per heavy atom. The Hall–Kier alpha value is -3.76. The quantitative estimate of drug-likeness (QED) is 0.192. The van der Waals surface area contributed by atoms with Gasteiger partial charge in [-0.1, -0.05) is 22.0 Å². The molecule has 3 aromatic rings. The van der Waals surface area contributed by atoms with Gasteiger partial charge in [0.1, 0.15) is 17.4 Å². The number of hydrogen-bond donors (Lipinski definition) is 1. The van der Waals surface area contributed by atoms with Crippen molar-refractivity contribution in [2.75, 3.05) is 5.32 Å². The maximum absolute atomic E-state index is 15.1. The van der Waals surface area contributed by atoms with Crippen LogP contribution in [0.5, 0.6) is 5.75 Å². The Balaban J connectivity index is 2.01. The monoisotopic (exact) mass is 681 g/mol. The molecule has 0 spiro atoms. The number of hydrogen-bond acceptors (Lipinski definition) is 3. The summed E-state index contributed by atoms with van der Waals surface area (Å²) in [5.41, 5.74) is -11.3. The minimum Gasteiger partial charge on any atom is -0.434 e. The molecule has 3 rings (SSSR count). The van der Waals surface area contributed by atoms with Gasteiger partial charge in [-0.15, -0.1) is 0 Å². The normalized spacial score (nSPS) is 12.4. The largest absolute Gasteiger partial charge is 0.435 e. The third-order valence-electron chi connectivity index (χ3n) is 5.61. The van der Waals surface area contributed by atoms with Crippen molar-refractivity contribution >= 4 is 33.3 Å². The first-order chi connectivity index (χ1) is 19.3. The zero-order chi connectivity index (χ0) is 31.8. The lowest BCUT2D eigenvalue weighted by atomic mass is 9.91. The summed E-state index contributed by atoms with van der Waals surface area (Å²) in [5, 5.41) is 1.93. The van der Waals surface area contributed by atoms with Crippen molar-refractivity contribution in [2.45, 2.75) is 31.1 Å². The van der Waals surface area contributed by atoms with E-state index in [-0.39, 0.29) is 12.1 Å².